The van der Waals surface area contributed by atoms with E-state index in [-0.39, 0.29) is 34.8 Å². The average molecular weight is 663 g/mol. The van der Waals surface area contributed by atoms with Gasteiger partial charge in [-0.3, -0.25) is 13.9 Å². The second kappa shape index (κ2) is 14.5. The Bertz CT molecular complexity index is 1590. The summed E-state index contributed by atoms with van der Waals surface area (Å²) in [5.74, 6) is -0.338. The molecule has 2 amide bonds. The molecule has 44 heavy (non-hydrogen) atoms. The molecule has 0 aliphatic heterocycles. The van der Waals surface area contributed by atoms with Gasteiger partial charge in [0.2, 0.25) is 11.8 Å². The maximum absolute atomic E-state index is 14.3. The highest BCUT2D eigenvalue weighted by molar-refractivity contribution is 7.92. The number of methoxy groups -OCH3 is 2. The molecule has 0 heterocycles. The van der Waals surface area contributed by atoms with Gasteiger partial charge in [0, 0.05) is 18.7 Å². The van der Waals surface area contributed by atoms with Gasteiger partial charge in [0.1, 0.15) is 24.1 Å². The standard InChI is InChI=1S/C32H37Cl2N3O6S/c1-21-9-13-26(14-10-21)44(40,41)37(29-18-25(42-3)12-16-30(29)43-4)20-31(38)36(19-23-11-15-27(33)28(34)17-23)22(2)32(39)35-24-7-5-6-8-24/h9-18,22,24H,5-8,19-20H2,1-4H3,(H,35,39). The molecule has 1 saturated carbocycles. The molecule has 1 aliphatic rings. The molecule has 0 bridgehead atoms. The van der Waals surface area contributed by atoms with Crippen LogP contribution in [0.15, 0.2) is 65.6 Å². The second-order valence-corrected chi connectivity index (χ2v) is 13.5. The average Bonchev–Trinajstić information content (AvgIpc) is 3.52. The van der Waals surface area contributed by atoms with Crippen molar-refractivity contribution in [3.05, 3.63) is 81.8 Å². The molecule has 1 aliphatic carbocycles. The largest absolute Gasteiger partial charge is 0.497 e. The monoisotopic (exact) mass is 661 g/mol. The van der Waals surface area contributed by atoms with Crippen molar-refractivity contribution in [2.24, 2.45) is 0 Å². The van der Waals surface area contributed by atoms with E-state index in [2.05, 4.69) is 5.32 Å². The minimum absolute atomic E-state index is 0.0103. The SMILES string of the molecule is COc1ccc(OC)c(N(CC(=O)N(Cc2ccc(Cl)c(Cl)c2)C(C)C(=O)NC2CCCC2)S(=O)(=O)c2ccc(C)cc2)c1. The van der Waals surface area contributed by atoms with Crippen LogP contribution in [-0.2, 0) is 26.2 Å². The van der Waals surface area contributed by atoms with Crippen LogP contribution in [0.4, 0.5) is 5.69 Å². The van der Waals surface area contributed by atoms with E-state index in [0.717, 1.165) is 35.6 Å². The van der Waals surface area contributed by atoms with Gasteiger partial charge in [-0.2, -0.15) is 0 Å². The lowest BCUT2D eigenvalue weighted by molar-refractivity contribution is -0.139. The molecular weight excluding hydrogens is 625 g/mol. The van der Waals surface area contributed by atoms with E-state index in [1.165, 1.54) is 37.3 Å². The molecule has 4 rings (SSSR count). The molecule has 0 spiro atoms. The van der Waals surface area contributed by atoms with Crippen molar-refractivity contribution < 1.29 is 27.5 Å². The Balaban J connectivity index is 1.76. The van der Waals surface area contributed by atoms with E-state index >= 15 is 0 Å². The number of ether oxygens (including phenoxy) is 2. The lowest BCUT2D eigenvalue weighted by atomic mass is 10.1. The smallest absolute Gasteiger partial charge is 0.264 e. The molecule has 1 atom stereocenters. The number of hydrogen-bond donors (Lipinski definition) is 1. The number of nitrogens with one attached hydrogen (secondary N) is 1. The Hall–Kier alpha value is -3.47. The highest BCUT2D eigenvalue weighted by Gasteiger charge is 2.34. The third-order valence-corrected chi connectivity index (χ3v) is 10.3. The van der Waals surface area contributed by atoms with Gasteiger partial charge in [0.05, 0.1) is 34.8 Å². The van der Waals surface area contributed by atoms with Crippen molar-refractivity contribution in [3.8, 4) is 11.5 Å². The first kappa shape index (κ1) is 33.4. The summed E-state index contributed by atoms with van der Waals surface area (Å²) in [6.07, 6.45) is 3.80. The van der Waals surface area contributed by atoms with Crippen LogP contribution in [0.5, 0.6) is 11.5 Å². The number of anilines is 1. The number of rotatable bonds is 12. The van der Waals surface area contributed by atoms with Crippen LogP contribution in [0.1, 0.15) is 43.7 Å². The zero-order valence-corrected chi connectivity index (χ0v) is 27.5. The number of aryl methyl sites for hydroxylation is 1. The van der Waals surface area contributed by atoms with E-state index in [4.69, 9.17) is 32.7 Å². The molecule has 1 N–H and O–H groups in total. The van der Waals surface area contributed by atoms with Gasteiger partial charge in [-0.25, -0.2) is 8.42 Å². The summed E-state index contributed by atoms with van der Waals surface area (Å²) in [6.45, 7) is 2.84. The first-order chi connectivity index (χ1) is 20.9. The molecule has 0 radical (unpaired) electrons. The normalized spacial score (nSPS) is 14.1. The highest BCUT2D eigenvalue weighted by atomic mass is 35.5. The van der Waals surface area contributed by atoms with E-state index in [9.17, 15) is 18.0 Å². The first-order valence-corrected chi connectivity index (χ1v) is 16.5. The topological polar surface area (TPSA) is 105 Å². The molecule has 9 nitrogen and oxygen atoms in total. The van der Waals surface area contributed by atoms with Crippen LogP contribution in [-0.4, -0.2) is 58.0 Å². The number of halogens is 2. The molecular formula is C32H37Cl2N3O6S. The van der Waals surface area contributed by atoms with Crippen LogP contribution in [0.3, 0.4) is 0 Å². The van der Waals surface area contributed by atoms with Crippen LogP contribution in [0.25, 0.3) is 0 Å². The number of benzene rings is 3. The number of nitrogens with zero attached hydrogens (tertiary/aromatic N) is 2. The number of sulfonamides is 1. The quantitative estimate of drug-likeness (QED) is 0.256. The van der Waals surface area contributed by atoms with Crippen LogP contribution in [0, 0.1) is 6.92 Å². The van der Waals surface area contributed by atoms with Crippen molar-refractivity contribution in [3.63, 3.8) is 0 Å². The molecule has 236 valence electrons. The number of hydrogen-bond acceptors (Lipinski definition) is 6. The predicted molar refractivity (Wildman–Crippen MR) is 172 cm³/mol. The predicted octanol–water partition coefficient (Wildman–Crippen LogP) is 5.99. The Morgan fingerprint density at radius 2 is 1.64 bits per heavy atom. The van der Waals surface area contributed by atoms with Gasteiger partial charge in [-0.05, 0) is 68.7 Å². The molecule has 0 aromatic heterocycles. The number of carbonyl (C=O) groups excluding carboxylic acids is 2. The van der Waals surface area contributed by atoms with Gasteiger partial charge >= 0.3 is 0 Å². The van der Waals surface area contributed by atoms with E-state index in [0.29, 0.717) is 21.4 Å². The highest BCUT2D eigenvalue weighted by Crippen LogP contribution is 2.36. The minimum Gasteiger partial charge on any atom is -0.497 e. The summed E-state index contributed by atoms with van der Waals surface area (Å²) in [6, 6.07) is 15.1. The molecule has 3 aromatic rings. The molecule has 3 aromatic carbocycles. The van der Waals surface area contributed by atoms with Gasteiger partial charge in [-0.1, -0.05) is 59.8 Å². The van der Waals surface area contributed by atoms with E-state index < -0.39 is 28.5 Å². The summed E-state index contributed by atoms with van der Waals surface area (Å²) < 4.78 is 40.3. The van der Waals surface area contributed by atoms with Crippen molar-refractivity contribution >= 4 is 50.7 Å². The van der Waals surface area contributed by atoms with Crippen molar-refractivity contribution in [1.82, 2.24) is 10.2 Å². The summed E-state index contributed by atoms with van der Waals surface area (Å²) in [4.78, 5) is 29.0. The second-order valence-electron chi connectivity index (χ2n) is 10.8. The minimum atomic E-state index is -4.30. The molecule has 1 unspecified atom stereocenters. The maximum Gasteiger partial charge on any atom is 0.264 e. The third kappa shape index (κ3) is 7.78. The molecule has 12 heteroatoms. The van der Waals surface area contributed by atoms with Gasteiger partial charge in [-0.15, -0.1) is 0 Å². The van der Waals surface area contributed by atoms with Crippen LogP contribution in [0.2, 0.25) is 10.0 Å². The number of carbonyl (C=O) groups is 2. The Kier molecular flexibility index (Phi) is 11.0. The van der Waals surface area contributed by atoms with Crippen molar-refractivity contribution in [2.75, 3.05) is 25.1 Å². The summed E-state index contributed by atoms with van der Waals surface area (Å²) in [5, 5.41) is 3.70. The fourth-order valence-corrected chi connectivity index (χ4v) is 6.89. The van der Waals surface area contributed by atoms with Crippen molar-refractivity contribution in [2.45, 2.75) is 63.1 Å². The fraction of sp³-hybridized carbons (Fsp3) is 0.375. The fourth-order valence-electron chi connectivity index (χ4n) is 5.15. The third-order valence-electron chi connectivity index (χ3n) is 7.75. The van der Waals surface area contributed by atoms with Gasteiger partial charge < -0.3 is 19.7 Å². The van der Waals surface area contributed by atoms with Gasteiger partial charge in [0.15, 0.2) is 0 Å². The lowest BCUT2D eigenvalue weighted by Gasteiger charge is -2.33. The summed E-state index contributed by atoms with van der Waals surface area (Å²) in [5.41, 5.74) is 1.61. The van der Waals surface area contributed by atoms with E-state index in [1.54, 1.807) is 49.4 Å². The zero-order chi connectivity index (χ0) is 32.0. The Morgan fingerprint density at radius 1 is 0.955 bits per heavy atom. The molecule has 0 saturated heterocycles. The lowest BCUT2D eigenvalue weighted by Crippen LogP contribution is -2.52. The maximum atomic E-state index is 14.3. The van der Waals surface area contributed by atoms with Crippen LogP contribution < -0.4 is 19.1 Å². The van der Waals surface area contributed by atoms with Crippen LogP contribution >= 0.6 is 23.2 Å². The van der Waals surface area contributed by atoms with E-state index in [1.807, 2.05) is 6.92 Å². The number of amides is 2. The van der Waals surface area contributed by atoms with Crippen molar-refractivity contribution in [1.29, 1.82) is 0 Å². The summed E-state index contributed by atoms with van der Waals surface area (Å²) in [7, 11) is -1.43. The first-order valence-electron chi connectivity index (χ1n) is 14.3. The Labute approximate surface area is 269 Å². The molecule has 1 fully saturated rings. The summed E-state index contributed by atoms with van der Waals surface area (Å²) >= 11 is 12.4. The zero-order valence-electron chi connectivity index (χ0n) is 25.2. The Morgan fingerprint density at radius 3 is 2.25 bits per heavy atom. The van der Waals surface area contributed by atoms with Gasteiger partial charge in [0.25, 0.3) is 10.0 Å².